The fraction of sp³-hybridized carbons (Fsp3) is 0.769. The van der Waals surface area contributed by atoms with E-state index in [-0.39, 0.29) is 0 Å². The van der Waals surface area contributed by atoms with Gasteiger partial charge in [0.2, 0.25) is 5.95 Å². The fourth-order valence-corrected chi connectivity index (χ4v) is 2.95. The topological polar surface area (TPSA) is 39.1 Å². The van der Waals surface area contributed by atoms with E-state index < -0.39 is 0 Å². The second-order valence-electron chi connectivity index (χ2n) is 5.16. The molecule has 4 nitrogen and oxygen atoms in total. The minimum Gasteiger partial charge on any atom is -0.373 e. The molecule has 1 saturated heterocycles. The molecule has 1 N–H and O–H groups in total. The maximum atomic E-state index is 6.02. The Bertz CT molecular complexity index is 401. The highest BCUT2D eigenvalue weighted by Gasteiger charge is 2.33. The molecule has 3 atom stereocenters. The molecule has 1 aromatic rings. The summed E-state index contributed by atoms with van der Waals surface area (Å²) in [6.45, 7) is 5.34. The lowest BCUT2D eigenvalue weighted by atomic mass is 10.0. The van der Waals surface area contributed by atoms with E-state index in [4.69, 9.17) is 4.74 Å². The van der Waals surface area contributed by atoms with Gasteiger partial charge in [0.05, 0.1) is 23.9 Å². The third kappa shape index (κ3) is 1.95. The molecular formula is C13H21N3O. The zero-order valence-electron chi connectivity index (χ0n) is 10.6. The molecule has 2 aliphatic rings. The summed E-state index contributed by atoms with van der Waals surface area (Å²) in [6.07, 6.45) is 7.51. The van der Waals surface area contributed by atoms with Crippen molar-refractivity contribution in [3.63, 3.8) is 0 Å². The van der Waals surface area contributed by atoms with Crippen LogP contribution in [-0.4, -0.2) is 28.3 Å². The molecule has 0 aliphatic carbocycles. The zero-order chi connectivity index (χ0) is 11.8. The molecule has 0 radical (unpaired) electrons. The van der Waals surface area contributed by atoms with Crippen LogP contribution in [0.2, 0.25) is 0 Å². The smallest absolute Gasteiger partial charge is 0.203 e. The number of hydrogen-bond acceptors (Lipinski definition) is 3. The third-order valence-electron chi connectivity index (χ3n) is 3.92. The lowest BCUT2D eigenvalue weighted by molar-refractivity contribution is 0.0205. The molecule has 1 fully saturated rings. The van der Waals surface area contributed by atoms with Gasteiger partial charge in [-0.1, -0.05) is 6.92 Å². The number of imidazole rings is 1. The Hall–Kier alpha value is -1.03. The van der Waals surface area contributed by atoms with Gasteiger partial charge in [-0.15, -0.1) is 0 Å². The van der Waals surface area contributed by atoms with Gasteiger partial charge in [-0.3, -0.25) is 0 Å². The van der Waals surface area contributed by atoms with Crippen molar-refractivity contribution in [1.82, 2.24) is 9.55 Å². The van der Waals surface area contributed by atoms with Gasteiger partial charge in [-0.05, 0) is 32.6 Å². The van der Waals surface area contributed by atoms with Gasteiger partial charge >= 0.3 is 0 Å². The van der Waals surface area contributed by atoms with Crippen molar-refractivity contribution >= 4 is 5.95 Å². The molecule has 3 heterocycles. The van der Waals surface area contributed by atoms with E-state index in [1.165, 1.54) is 18.5 Å². The third-order valence-corrected chi connectivity index (χ3v) is 3.92. The maximum absolute atomic E-state index is 6.02. The van der Waals surface area contributed by atoms with Crippen LogP contribution >= 0.6 is 0 Å². The standard InChI is InChI=1S/C13H21N3O/c1-3-10-8-16-11(6-7-14-13(16)15-10)12-5-4-9(2)17-12/h8-9,11-12H,3-7H2,1-2H3,(H,14,15). The first-order valence-electron chi connectivity index (χ1n) is 6.75. The molecule has 4 heteroatoms. The van der Waals surface area contributed by atoms with E-state index in [1.807, 2.05) is 0 Å². The van der Waals surface area contributed by atoms with E-state index in [1.54, 1.807) is 0 Å². The number of nitrogens with zero attached hydrogens (tertiary/aromatic N) is 2. The zero-order valence-corrected chi connectivity index (χ0v) is 10.6. The quantitative estimate of drug-likeness (QED) is 0.855. The number of aromatic nitrogens is 2. The van der Waals surface area contributed by atoms with Gasteiger partial charge in [-0.2, -0.15) is 0 Å². The monoisotopic (exact) mass is 235 g/mol. The molecule has 0 aromatic carbocycles. The number of nitrogens with one attached hydrogen (secondary N) is 1. The summed E-state index contributed by atoms with van der Waals surface area (Å²) >= 11 is 0. The molecule has 3 rings (SSSR count). The first-order chi connectivity index (χ1) is 8.28. The summed E-state index contributed by atoms with van der Waals surface area (Å²) in [4.78, 5) is 4.61. The second kappa shape index (κ2) is 4.33. The van der Waals surface area contributed by atoms with Crippen LogP contribution in [0.4, 0.5) is 5.95 Å². The van der Waals surface area contributed by atoms with E-state index >= 15 is 0 Å². The van der Waals surface area contributed by atoms with Crippen molar-refractivity contribution in [2.45, 2.75) is 57.8 Å². The molecule has 94 valence electrons. The Morgan fingerprint density at radius 1 is 1.47 bits per heavy atom. The van der Waals surface area contributed by atoms with Gasteiger partial charge in [0, 0.05) is 12.7 Å². The van der Waals surface area contributed by atoms with Crippen LogP contribution in [-0.2, 0) is 11.2 Å². The van der Waals surface area contributed by atoms with Crippen molar-refractivity contribution in [1.29, 1.82) is 0 Å². The first kappa shape index (κ1) is 11.1. The summed E-state index contributed by atoms with van der Waals surface area (Å²) in [5, 5.41) is 3.38. The Morgan fingerprint density at radius 2 is 2.35 bits per heavy atom. The largest absolute Gasteiger partial charge is 0.373 e. The van der Waals surface area contributed by atoms with Crippen molar-refractivity contribution in [3.05, 3.63) is 11.9 Å². The lowest BCUT2D eigenvalue weighted by Crippen LogP contribution is -2.31. The number of hydrogen-bond donors (Lipinski definition) is 1. The van der Waals surface area contributed by atoms with Crippen LogP contribution in [0, 0.1) is 0 Å². The van der Waals surface area contributed by atoms with Gasteiger partial charge in [0.1, 0.15) is 0 Å². The first-order valence-corrected chi connectivity index (χ1v) is 6.75. The maximum Gasteiger partial charge on any atom is 0.203 e. The summed E-state index contributed by atoms with van der Waals surface area (Å²) < 4.78 is 8.32. The van der Waals surface area contributed by atoms with E-state index in [0.717, 1.165) is 25.3 Å². The average Bonchev–Trinajstić information content (AvgIpc) is 2.93. The van der Waals surface area contributed by atoms with Crippen LogP contribution in [0.3, 0.4) is 0 Å². The molecule has 2 aliphatic heterocycles. The Balaban J connectivity index is 1.85. The number of ether oxygens (including phenoxy) is 1. The molecule has 0 amide bonds. The molecular weight excluding hydrogens is 214 g/mol. The highest BCUT2D eigenvalue weighted by Crippen LogP contribution is 2.34. The molecule has 17 heavy (non-hydrogen) atoms. The summed E-state index contributed by atoms with van der Waals surface area (Å²) in [5.74, 6) is 1.03. The number of fused-ring (bicyclic) bond motifs is 1. The fourth-order valence-electron chi connectivity index (χ4n) is 2.95. The molecule has 1 aromatic heterocycles. The van der Waals surface area contributed by atoms with Crippen molar-refractivity contribution < 1.29 is 4.74 Å². The number of anilines is 1. The van der Waals surface area contributed by atoms with Gasteiger partial charge in [0.15, 0.2) is 0 Å². The van der Waals surface area contributed by atoms with Crippen LogP contribution in [0.25, 0.3) is 0 Å². The van der Waals surface area contributed by atoms with Gasteiger partial charge in [-0.25, -0.2) is 4.98 Å². The predicted octanol–water partition coefficient (Wildman–Crippen LogP) is 2.37. The molecule has 0 saturated carbocycles. The Morgan fingerprint density at radius 3 is 3.06 bits per heavy atom. The van der Waals surface area contributed by atoms with Crippen LogP contribution in [0.15, 0.2) is 6.20 Å². The van der Waals surface area contributed by atoms with Gasteiger partial charge < -0.3 is 14.6 Å². The van der Waals surface area contributed by atoms with Crippen molar-refractivity contribution in [3.8, 4) is 0 Å². The SMILES string of the molecule is CCc1cn2c(n1)NCCC2C1CCC(C)O1. The summed E-state index contributed by atoms with van der Waals surface area (Å²) in [7, 11) is 0. The molecule has 0 spiro atoms. The Labute approximate surface area is 102 Å². The van der Waals surface area contributed by atoms with Crippen LogP contribution in [0.1, 0.15) is 44.8 Å². The van der Waals surface area contributed by atoms with Crippen LogP contribution in [0.5, 0.6) is 0 Å². The van der Waals surface area contributed by atoms with Gasteiger partial charge in [0.25, 0.3) is 0 Å². The van der Waals surface area contributed by atoms with Crippen molar-refractivity contribution in [2.24, 2.45) is 0 Å². The minimum absolute atomic E-state index is 0.379. The van der Waals surface area contributed by atoms with E-state index in [2.05, 4.69) is 34.9 Å². The van der Waals surface area contributed by atoms with E-state index in [9.17, 15) is 0 Å². The minimum atomic E-state index is 0.379. The number of aryl methyl sites for hydroxylation is 1. The second-order valence-corrected chi connectivity index (χ2v) is 5.16. The van der Waals surface area contributed by atoms with Crippen molar-refractivity contribution in [2.75, 3.05) is 11.9 Å². The molecule has 3 unspecified atom stereocenters. The van der Waals surface area contributed by atoms with E-state index in [0.29, 0.717) is 18.2 Å². The summed E-state index contributed by atoms with van der Waals surface area (Å²) in [6, 6.07) is 0.476. The predicted molar refractivity (Wildman–Crippen MR) is 67.3 cm³/mol. The highest BCUT2D eigenvalue weighted by atomic mass is 16.5. The normalized spacial score (nSPS) is 32.2. The average molecular weight is 235 g/mol. The summed E-state index contributed by atoms with van der Waals surface area (Å²) in [5.41, 5.74) is 1.17. The Kier molecular flexibility index (Phi) is 2.82. The highest BCUT2D eigenvalue weighted by molar-refractivity contribution is 5.32. The van der Waals surface area contributed by atoms with Crippen LogP contribution < -0.4 is 5.32 Å². The molecule has 0 bridgehead atoms. The number of rotatable bonds is 2. The lowest BCUT2D eigenvalue weighted by Gasteiger charge is -2.30.